The van der Waals surface area contributed by atoms with Crippen LogP contribution in [0.1, 0.15) is 11.1 Å². The Balaban J connectivity index is 1.96. The lowest BCUT2D eigenvalue weighted by molar-refractivity contribution is 0.574. The molecule has 2 nitrogen and oxygen atoms in total. The molecule has 1 aromatic heterocycles. The maximum Gasteiger partial charge on any atom is 0.226 e. The summed E-state index contributed by atoms with van der Waals surface area (Å²) in [6, 6.07) is 18.3. The van der Waals surface area contributed by atoms with Crippen LogP contribution in [0.25, 0.3) is 23.6 Å². The quantitative estimate of drug-likeness (QED) is 0.636. The van der Waals surface area contributed by atoms with Crippen LogP contribution < -0.4 is 0 Å². The van der Waals surface area contributed by atoms with Gasteiger partial charge in [0.15, 0.2) is 0 Å². The molecule has 2 aromatic carbocycles. The molecule has 0 saturated heterocycles. The highest BCUT2D eigenvalue weighted by Gasteiger charge is 2.05. The minimum absolute atomic E-state index is 0.647. The monoisotopic (exact) mass is 247 g/mol. The molecule has 19 heavy (non-hydrogen) atoms. The van der Waals surface area contributed by atoms with Crippen LogP contribution >= 0.6 is 0 Å². The Kier molecular flexibility index (Phi) is 3.24. The molecular weight excluding hydrogens is 234 g/mol. The van der Waals surface area contributed by atoms with E-state index in [9.17, 15) is 0 Å². The normalized spacial score (nSPS) is 10.9. The van der Waals surface area contributed by atoms with Gasteiger partial charge >= 0.3 is 0 Å². The molecule has 0 N–H and O–H groups in total. The average molecular weight is 247 g/mol. The summed E-state index contributed by atoms with van der Waals surface area (Å²) in [4.78, 5) is 4.20. The van der Waals surface area contributed by atoms with Gasteiger partial charge in [-0.15, -0.1) is 0 Å². The predicted molar refractivity (Wildman–Crippen MR) is 77.3 cm³/mol. The van der Waals surface area contributed by atoms with E-state index in [2.05, 4.69) is 35.3 Å². The highest BCUT2D eigenvalue weighted by atomic mass is 16.3. The summed E-state index contributed by atoms with van der Waals surface area (Å²) < 4.78 is 5.37. The van der Waals surface area contributed by atoms with Crippen LogP contribution in [-0.4, -0.2) is 4.98 Å². The van der Waals surface area contributed by atoms with Crippen molar-refractivity contribution >= 4 is 12.2 Å². The molecule has 0 aliphatic rings. The number of nitrogens with zero attached hydrogens (tertiary/aromatic N) is 1. The van der Waals surface area contributed by atoms with E-state index in [0.717, 1.165) is 11.1 Å². The van der Waals surface area contributed by atoms with E-state index in [1.54, 1.807) is 12.5 Å². The van der Waals surface area contributed by atoms with Gasteiger partial charge in [0.25, 0.3) is 0 Å². The fourth-order valence-electron chi connectivity index (χ4n) is 1.94. The van der Waals surface area contributed by atoms with Gasteiger partial charge in [-0.1, -0.05) is 60.7 Å². The van der Waals surface area contributed by atoms with Gasteiger partial charge in [0, 0.05) is 5.56 Å². The third-order valence-electron chi connectivity index (χ3n) is 2.88. The second-order valence-electron chi connectivity index (χ2n) is 4.17. The molecule has 0 aliphatic heterocycles. The first-order valence-corrected chi connectivity index (χ1v) is 6.15. The lowest BCUT2D eigenvalue weighted by Crippen LogP contribution is -1.82. The highest BCUT2D eigenvalue weighted by Crippen LogP contribution is 2.23. The molecule has 0 saturated carbocycles. The maximum absolute atomic E-state index is 5.37. The van der Waals surface area contributed by atoms with Crippen LogP contribution in [0.5, 0.6) is 0 Å². The van der Waals surface area contributed by atoms with Gasteiger partial charge < -0.3 is 4.42 Å². The molecule has 0 unspecified atom stereocenters. The highest BCUT2D eigenvalue weighted by molar-refractivity contribution is 5.78. The smallest absolute Gasteiger partial charge is 0.226 e. The van der Waals surface area contributed by atoms with Gasteiger partial charge in [-0.05, 0) is 17.2 Å². The summed E-state index contributed by atoms with van der Waals surface area (Å²) in [6.07, 6.45) is 7.41. The van der Waals surface area contributed by atoms with E-state index in [4.69, 9.17) is 4.42 Å². The van der Waals surface area contributed by atoms with Crippen molar-refractivity contribution in [3.63, 3.8) is 0 Å². The van der Waals surface area contributed by atoms with Crippen LogP contribution in [0.3, 0.4) is 0 Å². The SMILES string of the molecule is C(=Cc1ccccc1-c1ncco1)c1ccccc1. The second-order valence-corrected chi connectivity index (χ2v) is 4.17. The van der Waals surface area contributed by atoms with Crippen molar-refractivity contribution in [1.82, 2.24) is 4.98 Å². The van der Waals surface area contributed by atoms with E-state index < -0.39 is 0 Å². The van der Waals surface area contributed by atoms with Crippen LogP contribution in [0.4, 0.5) is 0 Å². The third-order valence-corrected chi connectivity index (χ3v) is 2.88. The Morgan fingerprint density at radius 2 is 1.63 bits per heavy atom. The molecule has 0 radical (unpaired) electrons. The van der Waals surface area contributed by atoms with Gasteiger partial charge in [0.05, 0.1) is 6.20 Å². The standard InChI is InChI=1S/C17H13NO/c1-2-6-14(7-3-1)10-11-15-8-4-5-9-16(15)17-18-12-13-19-17/h1-13H. The van der Waals surface area contributed by atoms with Crippen molar-refractivity contribution in [2.24, 2.45) is 0 Å². The van der Waals surface area contributed by atoms with Crippen molar-refractivity contribution in [1.29, 1.82) is 0 Å². The van der Waals surface area contributed by atoms with Gasteiger partial charge in [0.1, 0.15) is 6.26 Å². The fourth-order valence-corrected chi connectivity index (χ4v) is 1.94. The van der Waals surface area contributed by atoms with Gasteiger partial charge in [-0.2, -0.15) is 0 Å². The van der Waals surface area contributed by atoms with E-state index in [-0.39, 0.29) is 0 Å². The van der Waals surface area contributed by atoms with Gasteiger partial charge in [0.2, 0.25) is 5.89 Å². The Bertz CT molecular complexity index is 670. The molecule has 3 aromatic rings. The third kappa shape index (κ3) is 2.63. The zero-order chi connectivity index (χ0) is 12.9. The number of oxazole rings is 1. The largest absolute Gasteiger partial charge is 0.445 e. The summed E-state index contributed by atoms with van der Waals surface area (Å²) in [7, 11) is 0. The van der Waals surface area contributed by atoms with Crippen molar-refractivity contribution in [3.05, 3.63) is 78.2 Å². The summed E-state index contributed by atoms with van der Waals surface area (Å²) >= 11 is 0. The molecule has 0 spiro atoms. The second kappa shape index (κ2) is 5.36. The lowest BCUT2D eigenvalue weighted by Gasteiger charge is -2.01. The summed E-state index contributed by atoms with van der Waals surface area (Å²) in [5.41, 5.74) is 3.26. The fraction of sp³-hybridized carbons (Fsp3) is 0. The molecule has 0 fully saturated rings. The van der Waals surface area contributed by atoms with Crippen LogP contribution in [0.2, 0.25) is 0 Å². The molecule has 0 aliphatic carbocycles. The minimum Gasteiger partial charge on any atom is -0.445 e. The minimum atomic E-state index is 0.647. The van der Waals surface area contributed by atoms with Crippen molar-refractivity contribution in [3.8, 4) is 11.5 Å². The molecule has 92 valence electrons. The summed E-state index contributed by atoms with van der Waals surface area (Å²) in [5.74, 6) is 0.647. The average Bonchev–Trinajstić information content (AvgIpc) is 3.01. The van der Waals surface area contributed by atoms with E-state index in [1.807, 2.05) is 36.4 Å². The van der Waals surface area contributed by atoms with Crippen LogP contribution in [0, 0.1) is 0 Å². The Morgan fingerprint density at radius 1 is 0.842 bits per heavy atom. The first kappa shape index (κ1) is 11.5. The van der Waals surface area contributed by atoms with Gasteiger partial charge in [-0.25, -0.2) is 4.98 Å². The zero-order valence-electron chi connectivity index (χ0n) is 10.4. The number of benzene rings is 2. The predicted octanol–water partition coefficient (Wildman–Crippen LogP) is 4.51. The number of aromatic nitrogens is 1. The van der Waals surface area contributed by atoms with E-state index >= 15 is 0 Å². The first-order chi connectivity index (χ1) is 9.43. The zero-order valence-corrected chi connectivity index (χ0v) is 10.4. The molecular formula is C17H13NO. The maximum atomic E-state index is 5.37. The van der Waals surface area contributed by atoms with Crippen LogP contribution in [0.15, 0.2) is 71.5 Å². The van der Waals surface area contributed by atoms with Crippen molar-refractivity contribution in [2.75, 3.05) is 0 Å². The Morgan fingerprint density at radius 3 is 2.42 bits per heavy atom. The first-order valence-electron chi connectivity index (χ1n) is 6.15. The molecule has 3 rings (SSSR count). The molecule has 1 heterocycles. The molecule has 2 heteroatoms. The molecule has 0 amide bonds. The van der Waals surface area contributed by atoms with Crippen molar-refractivity contribution < 1.29 is 4.42 Å². The molecule has 0 atom stereocenters. The van der Waals surface area contributed by atoms with E-state index in [0.29, 0.717) is 5.89 Å². The summed E-state index contributed by atoms with van der Waals surface area (Å²) in [5, 5.41) is 0. The number of hydrogen-bond donors (Lipinski definition) is 0. The lowest BCUT2D eigenvalue weighted by atomic mass is 10.1. The Hall–Kier alpha value is -2.61. The summed E-state index contributed by atoms with van der Waals surface area (Å²) in [6.45, 7) is 0. The Labute approximate surface area is 112 Å². The van der Waals surface area contributed by atoms with E-state index in [1.165, 1.54) is 5.56 Å². The topological polar surface area (TPSA) is 26.0 Å². The van der Waals surface area contributed by atoms with Crippen molar-refractivity contribution in [2.45, 2.75) is 0 Å². The van der Waals surface area contributed by atoms with Crippen LogP contribution in [-0.2, 0) is 0 Å². The number of hydrogen-bond acceptors (Lipinski definition) is 2. The number of rotatable bonds is 3. The van der Waals surface area contributed by atoms with Gasteiger partial charge in [-0.3, -0.25) is 0 Å². The molecule has 0 bridgehead atoms.